The molecule has 1 saturated heterocycles. The predicted molar refractivity (Wildman–Crippen MR) is 116 cm³/mol. The molecule has 0 bridgehead atoms. The minimum absolute atomic E-state index is 0.211. The molecule has 33 heavy (non-hydrogen) atoms. The van der Waals surface area contributed by atoms with Gasteiger partial charge in [0, 0.05) is 25.1 Å². The van der Waals surface area contributed by atoms with Crippen LogP contribution in [-0.2, 0) is 16.1 Å². The Morgan fingerprint density at radius 1 is 1.21 bits per heavy atom. The van der Waals surface area contributed by atoms with Gasteiger partial charge in [0.1, 0.15) is 6.04 Å². The van der Waals surface area contributed by atoms with Crippen LogP contribution in [0.15, 0.2) is 36.5 Å². The maximum Gasteiger partial charge on any atom is 0.273 e. The Morgan fingerprint density at radius 2 is 2.09 bits per heavy atom. The minimum atomic E-state index is -0.660. The largest absolute Gasteiger partial charge is 0.350 e. The van der Waals surface area contributed by atoms with Crippen molar-refractivity contribution in [3.8, 4) is 5.69 Å². The molecule has 2 N–H and O–H groups in total. The Bertz CT molecular complexity index is 1170. The van der Waals surface area contributed by atoms with Crippen molar-refractivity contribution in [3.05, 3.63) is 53.4 Å². The van der Waals surface area contributed by atoms with E-state index in [0.29, 0.717) is 30.1 Å². The highest BCUT2D eigenvalue weighted by Gasteiger charge is 2.39. The number of amides is 4. The van der Waals surface area contributed by atoms with Gasteiger partial charge in [0.2, 0.25) is 11.8 Å². The Morgan fingerprint density at radius 3 is 2.88 bits per heavy atom. The van der Waals surface area contributed by atoms with Crippen LogP contribution < -0.4 is 10.6 Å². The van der Waals surface area contributed by atoms with Crippen LogP contribution in [0.3, 0.4) is 0 Å². The standard InChI is InChI=1S/C23H24N6O4/c30-20-9-8-19(22(32)25-20)28-12-15-10-16(6-7-17(15)23(28)33)29-13-18(26-27-29)21(31)24-11-14-4-2-1-3-5-14/h2,4,6-7,10,13-14,19H,1,3,5,8-9,11-12H2,(H,24,31)(H,25,30,32). The van der Waals surface area contributed by atoms with Crippen molar-refractivity contribution in [3.63, 3.8) is 0 Å². The number of benzene rings is 1. The molecule has 3 heterocycles. The van der Waals surface area contributed by atoms with Crippen LogP contribution in [-0.4, -0.2) is 56.1 Å². The van der Waals surface area contributed by atoms with Crippen LogP contribution in [0.4, 0.5) is 0 Å². The second-order valence-electron chi connectivity index (χ2n) is 8.62. The van der Waals surface area contributed by atoms with Gasteiger partial charge in [0.05, 0.1) is 11.9 Å². The third kappa shape index (κ3) is 4.15. The quantitative estimate of drug-likeness (QED) is 0.521. The molecule has 2 aromatic rings. The molecular formula is C23H24N6O4. The summed E-state index contributed by atoms with van der Waals surface area (Å²) >= 11 is 0. The first kappa shape index (κ1) is 21.0. The summed E-state index contributed by atoms with van der Waals surface area (Å²) in [6.07, 6.45) is 9.67. The van der Waals surface area contributed by atoms with Gasteiger partial charge in [-0.05, 0) is 55.4 Å². The summed E-state index contributed by atoms with van der Waals surface area (Å²) in [7, 11) is 0. The van der Waals surface area contributed by atoms with E-state index >= 15 is 0 Å². The maximum atomic E-state index is 12.8. The first-order chi connectivity index (χ1) is 16.0. The average Bonchev–Trinajstić information content (AvgIpc) is 3.43. The molecule has 0 spiro atoms. The molecular weight excluding hydrogens is 424 g/mol. The van der Waals surface area contributed by atoms with Gasteiger partial charge < -0.3 is 10.2 Å². The summed E-state index contributed by atoms with van der Waals surface area (Å²) in [5.41, 5.74) is 2.15. The number of hydrogen-bond donors (Lipinski definition) is 2. The van der Waals surface area contributed by atoms with Crippen molar-refractivity contribution < 1.29 is 19.2 Å². The summed E-state index contributed by atoms with van der Waals surface area (Å²) in [5.74, 6) is -0.923. The van der Waals surface area contributed by atoms with Crippen molar-refractivity contribution in [1.29, 1.82) is 0 Å². The van der Waals surface area contributed by atoms with Gasteiger partial charge in [-0.3, -0.25) is 24.5 Å². The molecule has 1 aromatic heterocycles. The van der Waals surface area contributed by atoms with E-state index in [4.69, 9.17) is 0 Å². The van der Waals surface area contributed by atoms with E-state index < -0.39 is 11.9 Å². The molecule has 10 heteroatoms. The Kier molecular flexibility index (Phi) is 5.49. The topological polar surface area (TPSA) is 126 Å². The summed E-state index contributed by atoms with van der Waals surface area (Å²) in [4.78, 5) is 50.4. The van der Waals surface area contributed by atoms with Crippen molar-refractivity contribution >= 4 is 23.6 Å². The number of fused-ring (bicyclic) bond motifs is 1. The van der Waals surface area contributed by atoms with E-state index in [1.807, 2.05) is 6.07 Å². The van der Waals surface area contributed by atoms with E-state index in [-0.39, 0.29) is 36.4 Å². The number of hydrogen-bond acceptors (Lipinski definition) is 6. The van der Waals surface area contributed by atoms with Crippen molar-refractivity contribution in [2.75, 3.05) is 6.54 Å². The van der Waals surface area contributed by atoms with E-state index in [0.717, 1.165) is 24.8 Å². The fourth-order valence-electron chi connectivity index (χ4n) is 4.56. The van der Waals surface area contributed by atoms with Gasteiger partial charge in [0.25, 0.3) is 11.8 Å². The molecule has 1 aliphatic carbocycles. The van der Waals surface area contributed by atoms with Gasteiger partial charge in [-0.2, -0.15) is 0 Å². The van der Waals surface area contributed by atoms with Gasteiger partial charge in [-0.25, -0.2) is 4.68 Å². The van der Waals surface area contributed by atoms with Gasteiger partial charge >= 0.3 is 0 Å². The summed E-state index contributed by atoms with van der Waals surface area (Å²) < 4.78 is 1.49. The number of rotatable bonds is 5. The zero-order chi connectivity index (χ0) is 22.9. The van der Waals surface area contributed by atoms with Gasteiger partial charge in [-0.1, -0.05) is 17.4 Å². The monoisotopic (exact) mass is 448 g/mol. The minimum Gasteiger partial charge on any atom is -0.350 e. The lowest BCUT2D eigenvalue weighted by molar-refractivity contribution is -0.136. The van der Waals surface area contributed by atoms with Crippen LogP contribution in [0.25, 0.3) is 5.69 Å². The molecule has 3 aliphatic rings. The van der Waals surface area contributed by atoms with Gasteiger partial charge in [0.15, 0.2) is 5.69 Å². The van der Waals surface area contributed by atoms with Crippen molar-refractivity contribution in [2.45, 2.75) is 44.7 Å². The number of carbonyl (C=O) groups is 4. The van der Waals surface area contributed by atoms with E-state index in [2.05, 4.69) is 33.1 Å². The van der Waals surface area contributed by atoms with Crippen LogP contribution in [0.5, 0.6) is 0 Å². The molecule has 2 unspecified atom stereocenters. The number of carbonyl (C=O) groups excluding carboxylic acids is 4. The molecule has 1 fully saturated rings. The molecule has 5 rings (SSSR count). The first-order valence-electron chi connectivity index (χ1n) is 11.1. The van der Waals surface area contributed by atoms with Gasteiger partial charge in [-0.15, -0.1) is 5.10 Å². The highest BCUT2D eigenvalue weighted by Crippen LogP contribution is 2.29. The number of allylic oxidation sites excluding steroid dienone is 1. The first-order valence-corrected chi connectivity index (χ1v) is 11.1. The molecule has 0 saturated carbocycles. The SMILES string of the molecule is O=C1CCC(N2Cc3cc(-n4cc(C(=O)NCC5C=CCCC5)nn4)ccc3C2=O)C(=O)N1. The summed E-state index contributed by atoms with van der Waals surface area (Å²) in [6.45, 7) is 0.838. The zero-order valence-corrected chi connectivity index (χ0v) is 18.0. The highest BCUT2D eigenvalue weighted by atomic mass is 16.2. The fourth-order valence-corrected chi connectivity index (χ4v) is 4.56. The van der Waals surface area contributed by atoms with E-state index in [1.54, 1.807) is 18.3 Å². The smallest absolute Gasteiger partial charge is 0.273 e. The average molecular weight is 448 g/mol. The number of nitrogens with one attached hydrogen (secondary N) is 2. The Balaban J connectivity index is 1.27. The molecule has 10 nitrogen and oxygen atoms in total. The molecule has 2 aliphatic heterocycles. The number of imide groups is 1. The number of piperidine rings is 1. The third-order valence-electron chi connectivity index (χ3n) is 6.38. The van der Waals surface area contributed by atoms with Crippen molar-refractivity contribution in [1.82, 2.24) is 30.5 Å². The second kappa shape index (κ2) is 8.61. The summed E-state index contributed by atoms with van der Waals surface area (Å²) in [5, 5.41) is 13.3. The Labute approximate surface area is 190 Å². The highest BCUT2D eigenvalue weighted by molar-refractivity contribution is 6.05. The second-order valence-corrected chi connectivity index (χ2v) is 8.62. The zero-order valence-electron chi connectivity index (χ0n) is 18.0. The molecule has 4 amide bonds. The lowest BCUT2D eigenvalue weighted by Crippen LogP contribution is -2.52. The van der Waals surface area contributed by atoms with Crippen LogP contribution in [0.1, 0.15) is 58.5 Å². The normalized spacial score (nSPS) is 22.3. The van der Waals surface area contributed by atoms with E-state index in [1.165, 1.54) is 9.58 Å². The van der Waals surface area contributed by atoms with Crippen LogP contribution in [0, 0.1) is 5.92 Å². The van der Waals surface area contributed by atoms with Crippen LogP contribution in [0.2, 0.25) is 0 Å². The third-order valence-corrected chi connectivity index (χ3v) is 6.38. The molecule has 170 valence electrons. The summed E-state index contributed by atoms with van der Waals surface area (Å²) in [6, 6.07) is 4.57. The lowest BCUT2D eigenvalue weighted by atomic mass is 9.96. The number of nitrogens with zero attached hydrogens (tertiary/aromatic N) is 4. The number of aromatic nitrogens is 3. The molecule has 2 atom stereocenters. The Hall–Kier alpha value is -3.82. The van der Waals surface area contributed by atoms with Crippen molar-refractivity contribution in [2.24, 2.45) is 5.92 Å². The van der Waals surface area contributed by atoms with Crippen LogP contribution >= 0.6 is 0 Å². The molecule has 1 aromatic carbocycles. The predicted octanol–water partition coefficient (Wildman–Crippen LogP) is 1.11. The lowest BCUT2D eigenvalue weighted by Gasteiger charge is -2.29. The maximum absolute atomic E-state index is 12.8. The molecule has 0 radical (unpaired) electrons. The fraction of sp³-hybridized carbons (Fsp3) is 0.391. The van der Waals surface area contributed by atoms with E-state index in [9.17, 15) is 19.2 Å².